The number of hydrogen-bond acceptors (Lipinski definition) is 1. The molecule has 3 atom stereocenters. The van der Waals surface area contributed by atoms with E-state index in [0.29, 0.717) is 6.04 Å². The molecule has 1 N–H and O–H groups in total. The first-order valence-corrected chi connectivity index (χ1v) is 7.41. The summed E-state index contributed by atoms with van der Waals surface area (Å²) < 4.78 is 3.15. The predicted octanol–water partition coefficient (Wildman–Crippen LogP) is 4.71. The van der Waals surface area contributed by atoms with Crippen molar-refractivity contribution in [2.45, 2.75) is 31.7 Å². The van der Waals surface area contributed by atoms with Gasteiger partial charge in [0.05, 0.1) is 16.1 Å². The molecule has 2 nitrogen and oxygen atoms in total. The minimum Gasteiger partial charge on any atom is -0.329 e. The first kappa shape index (κ1) is 11.1. The maximum absolute atomic E-state index is 6.24. The van der Waals surface area contributed by atoms with Crippen molar-refractivity contribution in [2.24, 2.45) is 11.8 Å². The summed E-state index contributed by atoms with van der Waals surface area (Å²) in [6.07, 6.45) is 5.46. The van der Waals surface area contributed by atoms with Crippen LogP contribution in [0, 0.1) is 16.6 Å². The molecule has 0 saturated heterocycles. The number of nitrogens with zero attached hydrogens (tertiary/aromatic N) is 1. The normalized spacial score (nSPS) is 30.4. The van der Waals surface area contributed by atoms with E-state index in [-0.39, 0.29) is 0 Å². The van der Waals surface area contributed by atoms with Crippen LogP contribution in [0.5, 0.6) is 0 Å². The molecule has 0 spiro atoms. The van der Waals surface area contributed by atoms with Crippen molar-refractivity contribution in [1.29, 1.82) is 0 Å². The third-order valence-corrected chi connectivity index (χ3v) is 5.35. The summed E-state index contributed by atoms with van der Waals surface area (Å²) in [5, 5.41) is 0.764. The average molecular weight is 279 g/mol. The highest BCUT2D eigenvalue weighted by Gasteiger charge is 2.41. The monoisotopic (exact) mass is 278 g/mol. The highest BCUT2D eigenvalue weighted by molar-refractivity contribution is 7.71. The smallest absolute Gasteiger partial charge is 0.178 e. The second kappa shape index (κ2) is 3.84. The van der Waals surface area contributed by atoms with Gasteiger partial charge in [0.1, 0.15) is 0 Å². The number of benzene rings is 1. The van der Waals surface area contributed by atoms with Crippen LogP contribution in [0.3, 0.4) is 0 Å². The molecule has 2 bridgehead atoms. The molecule has 3 unspecified atom stereocenters. The van der Waals surface area contributed by atoms with Gasteiger partial charge in [0.15, 0.2) is 4.77 Å². The van der Waals surface area contributed by atoms with Gasteiger partial charge in [-0.15, -0.1) is 0 Å². The maximum atomic E-state index is 6.24. The fraction of sp³-hybridized carbons (Fsp3) is 0.500. The quantitative estimate of drug-likeness (QED) is 0.749. The second-order valence-corrected chi connectivity index (χ2v) is 6.47. The molecule has 4 rings (SSSR count). The minimum atomic E-state index is 0.587. The molecule has 2 aromatic rings. The van der Waals surface area contributed by atoms with Gasteiger partial charge in [-0.25, -0.2) is 0 Å². The maximum Gasteiger partial charge on any atom is 0.178 e. The summed E-state index contributed by atoms with van der Waals surface area (Å²) in [4.78, 5) is 3.28. The lowest BCUT2D eigenvalue weighted by Crippen LogP contribution is -2.16. The zero-order chi connectivity index (χ0) is 12.3. The number of imidazole rings is 1. The Morgan fingerprint density at radius 2 is 2.17 bits per heavy atom. The number of aromatic nitrogens is 2. The van der Waals surface area contributed by atoms with Gasteiger partial charge in [-0.1, -0.05) is 24.1 Å². The molecule has 2 saturated carbocycles. The molecule has 0 radical (unpaired) electrons. The van der Waals surface area contributed by atoms with E-state index in [9.17, 15) is 0 Å². The van der Waals surface area contributed by atoms with E-state index in [1.165, 1.54) is 31.2 Å². The van der Waals surface area contributed by atoms with Gasteiger partial charge in [-0.3, -0.25) is 0 Å². The Morgan fingerprint density at radius 1 is 1.28 bits per heavy atom. The lowest BCUT2D eigenvalue weighted by atomic mass is 9.95. The Kier molecular flexibility index (Phi) is 2.36. The van der Waals surface area contributed by atoms with Crippen LogP contribution in [-0.2, 0) is 0 Å². The standard InChI is InChI=1S/C14H15ClN2S/c15-10-2-1-3-11-13(10)16-14(18)17(11)12-7-8-4-5-9(12)6-8/h1-3,8-9,12H,4-7H2,(H,16,18). The highest BCUT2D eigenvalue weighted by atomic mass is 35.5. The van der Waals surface area contributed by atoms with Crippen molar-refractivity contribution in [3.63, 3.8) is 0 Å². The van der Waals surface area contributed by atoms with Crippen LogP contribution in [-0.4, -0.2) is 9.55 Å². The number of nitrogens with one attached hydrogen (secondary N) is 1. The lowest BCUT2D eigenvalue weighted by Gasteiger charge is -2.23. The van der Waals surface area contributed by atoms with Gasteiger partial charge >= 0.3 is 0 Å². The van der Waals surface area contributed by atoms with Gasteiger partial charge in [-0.2, -0.15) is 0 Å². The van der Waals surface area contributed by atoms with E-state index >= 15 is 0 Å². The van der Waals surface area contributed by atoms with E-state index < -0.39 is 0 Å². The Morgan fingerprint density at radius 3 is 2.89 bits per heavy atom. The van der Waals surface area contributed by atoms with Crippen LogP contribution in [0.25, 0.3) is 11.0 Å². The number of para-hydroxylation sites is 1. The third kappa shape index (κ3) is 1.44. The first-order chi connectivity index (χ1) is 8.74. The van der Waals surface area contributed by atoms with E-state index in [1.54, 1.807) is 0 Å². The fourth-order valence-electron chi connectivity index (χ4n) is 3.97. The molecule has 1 heterocycles. The predicted molar refractivity (Wildman–Crippen MR) is 76.6 cm³/mol. The Bertz CT molecular complexity index is 672. The zero-order valence-corrected chi connectivity index (χ0v) is 11.6. The largest absolute Gasteiger partial charge is 0.329 e. The fourth-order valence-corrected chi connectivity index (χ4v) is 4.52. The molecule has 1 aromatic heterocycles. The number of halogens is 1. The summed E-state index contributed by atoms with van der Waals surface area (Å²) in [5.41, 5.74) is 2.16. The van der Waals surface area contributed by atoms with Crippen LogP contribution in [0.1, 0.15) is 31.7 Å². The van der Waals surface area contributed by atoms with Crippen molar-refractivity contribution >= 4 is 34.9 Å². The van der Waals surface area contributed by atoms with E-state index in [1.807, 2.05) is 12.1 Å². The molecule has 2 fully saturated rings. The topological polar surface area (TPSA) is 20.7 Å². The SMILES string of the molecule is S=c1[nH]c2c(Cl)cccc2n1C1CC2CCC1C2. The lowest BCUT2D eigenvalue weighted by molar-refractivity contribution is 0.333. The minimum absolute atomic E-state index is 0.587. The summed E-state index contributed by atoms with van der Waals surface area (Å²) in [7, 11) is 0. The number of fused-ring (bicyclic) bond motifs is 3. The highest BCUT2D eigenvalue weighted by Crippen LogP contribution is 2.51. The molecular weight excluding hydrogens is 264 g/mol. The Labute approximate surface area is 116 Å². The molecule has 18 heavy (non-hydrogen) atoms. The molecule has 2 aliphatic rings. The van der Waals surface area contributed by atoms with Crippen LogP contribution >= 0.6 is 23.8 Å². The van der Waals surface area contributed by atoms with Crippen molar-refractivity contribution in [3.05, 3.63) is 28.0 Å². The third-order valence-electron chi connectivity index (χ3n) is 4.73. The van der Waals surface area contributed by atoms with Crippen molar-refractivity contribution in [2.75, 3.05) is 0 Å². The van der Waals surface area contributed by atoms with Crippen LogP contribution in [0.15, 0.2) is 18.2 Å². The molecule has 0 aliphatic heterocycles. The summed E-state index contributed by atoms with van der Waals surface area (Å²) >= 11 is 11.8. The summed E-state index contributed by atoms with van der Waals surface area (Å²) in [5.74, 6) is 1.74. The van der Waals surface area contributed by atoms with E-state index in [4.69, 9.17) is 23.8 Å². The Balaban J connectivity index is 1.92. The van der Waals surface area contributed by atoms with Crippen molar-refractivity contribution in [3.8, 4) is 0 Å². The second-order valence-electron chi connectivity index (χ2n) is 5.68. The number of H-pyrrole nitrogens is 1. The number of hydrogen-bond donors (Lipinski definition) is 1. The van der Waals surface area contributed by atoms with Crippen LogP contribution in [0.4, 0.5) is 0 Å². The van der Waals surface area contributed by atoms with Crippen molar-refractivity contribution < 1.29 is 0 Å². The van der Waals surface area contributed by atoms with Gasteiger partial charge < -0.3 is 9.55 Å². The van der Waals surface area contributed by atoms with Crippen LogP contribution in [0.2, 0.25) is 5.02 Å². The molecule has 4 heteroatoms. The number of rotatable bonds is 1. The molecule has 1 aromatic carbocycles. The van der Waals surface area contributed by atoms with Crippen molar-refractivity contribution in [1.82, 2.24) is 9.55 Å². The summed E-state index contributed by atoms with van der Waals surface area (Å²) in [6.45, 7) is 0. The van der Waals surface area contributed by atoms with Gasteiger partial charge in [-0.05, 0) is 55.4 Å². The van der Waals surface area contributed by atoms with Gasteiger partial charge in [0, 0.05) is 6.04 Å². The molecular formula is C14H15ClN2S. The van der Waals surface area contributed by atoms with Gasteiger partial charge in [0.25, 0.3) is 0 Å². The number of aromatic amines is 1. The summed E-state index contributed by atoms with van der Waals surface area (Å²) in [6, 6.07) is 6.64. The van der Waals surface area contributed by atoms with E-state index in [0.717, 1.165) is 27.1 Å². The van der Waals surface area contributed by atoms with E-state index in [2.05, 4.69) is 15.6 Å². The first-order valence-electron chi connectivity index (χ1n) is 6.63. The molecule has 2 aliphatic carbocycles. The zero-order valence-electron chi connectivity index (χ0n) is 10.0. The van der Waals surface area contributed by atoms with Crippen LogP contribution < -0.4 is 0 Å². The molecule has 94 valence electrons. The average Bonchev–Trinajstić information content (AvgIpc) is 3.02. The molecule has 0 amide bonds. The van der Waals surface area contributed by atoms with Gasteiger partial charge in [0.2, 0.25) is 0 Å². The Hall–Kier alpha value is -0.800.